The molecule has 0 bridgehead atoms. The van der Waals surface area contributed by atoms with Gasteiger partial charge in [0.15, 0.2) is 4.34 Å². The summed E-state index contributed by atoms with van der Waals surface area (Å²) in [4.78, 5) is 27.0. The van der Waals surface area contributed by atoms with Crippen LogP contribution in [0.25, 0.3) is 11.3 Å². The number of nitrogens with zero attached hydrogens (tertiary/aromatic N) is 2. The third-order valence-corrected chi connectivity index (χ3v) is 6.19. The average molecular weight is 464 g/mol. The van der Waals surface area contributed by atoms with Crippen molar-refractivity contribution in [3.05, 3.63) is 68.0 Å². The lowest BCUT2D eigenvalue weighted by Crippen LogP contribution is -2.14. The monoisotopic (exact) mass is 463 g/mol. The van der Waals surface area contributed by atoms with Gasteiger partial charge in [0.05, 0.1) is 16.4 Å². The van der Waals surface area contributed by atoms with E-state index >= 15 is 0 Å². The van der Waals surface area contributed by atoms with Gasteiger partial charge in [-0.1, -0.05) is 39.8 Å². The summed E-state index contributed by atoms with van der Waals surface area (Å²) in [5.74, 6) is 0.0290. The number of benzene rings is 2. The molecule has 2 aromatic carbocycles. The minimum Gasteiger partial charge on any atom is -0.325 e. The molecule has 6 nitrogen and oxygen atoms in total. The normalized spacial score (nSPS) is 10.6. The zero-order chi connectivity index (χ0) is 19.4. The fraction of sp³-hybridized carbons (Fsp3) is 0.111. The predicted molar refractivity (Wildman–Crippen MR) is 112 cm³/mol. The number of nitro benzene ring substituents is 1. The Hall–Kier alpha value is -2.23. The van der Waals surface area contributed by atoms with E-state index in [1.807, 2.05) is 29.6 Å². The zero-order valence-electron chi connectivity index (χ0n) is 14.1. The van der Waals surface area contributed by atoms with Crippen molar-refractivity contribution in [1.29, 1.82) is 0 Å². The molecule has 0 saturated carbocycles. The van der Waals surface area contributed by atoms with Crippen LogP contribution in [0.15, 0.2) is 56.7 Å². The first kappa shape index (κ1) is 19.5. The molecule has 1 N–H and O–H groups in total. The van der Waals surface area contributed by atoms with Gasteiger partial charge in [0.25, 0.3) is 5.69 Å². The van der Waals surface area contributed by atoms with Crippen LogP contribution in [0, 0.1) is 17.0 Å². The molecule has 1 heterocycles. The minimum atomic E-state index is -0.458. The number of carbonyl (C=O) groups is 1. The number of hydrogen-bond acceptors (Lipinski definition) is 6. The summed E-state index contributed by atoms with van der Waals surface area (Å²) in [6, 6.07) is 12.2. The number of hydrogen-bond donors (Lipinski definition) is 1. The highest BCUT2D eigenvalue weighted by Gasteiger charge is 2.12. The summed E-state index contributed by atoms with van der Waals surface area (Å²) >= 11 is 6.26. The molecular formula is C18H14BrN3O3S2. The van der Waals surface area contributed by atoms with Crippen LogP contribution in [-0.4, -0.2) is 21.6 Å². The molecule has 0 aliphatic carbocycles. The number of rotatable bonds is 6. The van der Waals surface area contributed by atoms with E-state index in [1.165, 1.54) is 35.2 Å². The Kier molecular flexibility index (Phi) is 6.25. The highest BCUT2D eigenvalue weighted by molar-refractivity contribution is 9.10. The number of nitro groups is 1. The van der Waals surface area contributed by atoms with Crippen molar-refractivity contribution in [3.8, 4) is 11.3 Å². The van der Waals surface area contributed by atoms with Crippen molar-refractivity contribution in [3.63, 3.8) is 0 Å². The maximum Gasteiger partial charge on any atom is 0.269 e. The first-order chi connectivity index (χ1) is 12.9. The van der Waals surface area contributed by atoms with Gasteiger partial charge >= 0.3 is 0 Å². The largest absolute Gasteiger partial charge is 0.325 e. The molecule has 1 amide bonds. The number of aryl methyl sites for hydroxylation is 1. The minimum absolute atomic E-state index is 0.00290. The second kappa shape index (κ2) is 8.64. The van der Waals surface area contributed by atoms with Crippen LogP contribution in [0.1, 0.15) is 5.56 Å². The van der Waals surface area contributed by atoms with Crippen LogP contribution < -0.4 is 5.32 Å². The lowest BCUT2D eigenvalue weighted by Gasteiger charge is -2.07. The van der Waals surface area contributed by atoms with Crippen molar-refractivity contribution in [2.75, 3.05) is 11.1 Å². The van der Waals surface area contributed by atoms with E-state index < -0.39 is 4.92 Å². The van der Waals surface area contributed by atoms with Crippen molar-refractivity contribution in [2.24, 2.45) is 0 Å². The quantitative estimate of drug-likeness (QED) is 0.295. The van der Waals surface area contributed by atoms with Gasteiger partial charge in [0, 0.05) is 33.2 Å². The van der Waals surface area contributed by atoms with E-state index in [2.05, 4.69) is 26.2 Å². The molecule has 138 valence electrons. The molecule has 0 aliphatic rings. The lowest BCUT2D eigenvalue weighted by atomic mass is 10.2. The van der Waals surface area contributed by atoms with Gasteiger partial charge in [0.1, 0.15) is 0 Å². The summed E-state index contributed by atoms with van der Waals surface area (Å²) < 4.78 is 1.82. The fourth-order valence-corrected chi connectivity index (χ4v) is 4.19. The van der Waals surface area contributed by atoms with Gasteiger partial charge in [0.2, 0.25) is 5.91 Å². The summed E-state index contributed by atoms with van der Waals surface area (Å²) in [5.41, 5.74) is 3.12. The molecule has 0 unspecified atom stereocenters. The maximum atomic E-state index is 12.2. The first-order valence-corrected chi connectivity index (χ1v) is 10.5. The number of thioether (sulfide) groups is 1. The molecule has 0 saturated heterocycles. The molecular weight excluding hydrogens is 450 g/mol. The standard InChI is InChI=1S/C18H14BrN3O3S2/c1-11-8-14(22(24)25)6-7-15(11)20-17(23)10-27-18-21-16(9-26-18)12-2-4-13(19)5-3-12/h2-9H,10H2,1H3,(H,20,23). The maximum absolute atomic E-state index is 12.2. The van der Waals surface area contributed by atoms with Gasteiger partial charge in [-0.3, -0.25) is 14.9 Å². The van der Waals surface area contributed by atoms with Crippen molar-refractivity contribution in [1.82, 2.24) is 4.98 Å². The molecule has 0 spiro atoms. The molecule has 9 heteroatoms. The van der Waals surface area contributed by atoms with Crippen molar-refractivity contribution in [2.45, 2.75) is 11.3 Å². The summed E-state index contributed by atoms with van der Waals surface area (Å²) in [6.07, 6.45) is 0. The SMILES string of the molecule is Cc1cc([N+](=O)[O-])ccc1NC(=O)CSc1nc(-c2ccc(Br)cc2)cs1. The molecule has 3 aromatic rings. The van der Waals surface area contributed by atoms with Crippen LogP contribution >= 0.6 is 39.0 Å². The Labute approximate surface area is 172 Å². The molecule has 0 aliphatic heterocycles. The topological polar surface area (TPSA) is 85.1 Å². The van der Waals surface area contributed by atoms with E-state index in [0.717, 1.165) is 20.1 Å². The Balaban J connectivity index is 1.58. The van der Waals surface area contributed by atoms with E-state index in [4.69, 9.17) is 0 Å². The average Bonchev–Trinajstić information content (AvgIpc) is 3.11. The Morgan fingerprint density at radius 2 is 2.04 bits per heavy atom. The van der Waals surface area contributed by atoms with Gasteiger partial charge in [-0.2, -0.15) is 0 Å². The number of aromatic nitrogens is 1. The van der Waals surface area contributed by atoms with Gasteiger partial charge in [-0.05, 0) is 30.7 Å². The van der Waals surface area contributed by atoms with Gasteiger partial charge in [-0.15, -0.1) is 11.3 Å². The predicted octanol–water partition coefficient (Wildman–Crippen LogP) is 5.52. The van der Waals surface area contributed by atoms with Crippen LogP contribution in [0.5, 0.6) is 0 Å². The van der Waals surface area contributed by atoms with Gasteiger partial charge in [-0.25, -0.2) is 4.98 Å². The number of nitrogens with one attached hydrogen (secondary N) is 1. The third-order valence-electron chi connectivity index (χ3n) is 3.64. The lowest BCUT2D eigenvalue weighted by molar-refractivity contribution is -0.384. The molecule has 0 atom stereocenters. The summed E-state index contributed by atoms with van der Waals surface area (Å²) in [7, 11) is 0. The highest BCUT2D eigenvalue weighted by Crippen LogP contribution is 2.29. The number of non-ortho nitro benzene ring substituents is 1. The Bertz CT molecular complexity index is 990. The molecule has 0 radical (unpaired) electrons. The number of thiazole rings is 1. The molecule has 0 fully saturated rings. The van der Waals surface area contributed by atoms with Crippen LogP contribution in [0.4, 0.5) is 11.4 Å². The number of carbonyl (C=O) groups excluding carboxylic acids is 1. The Morgan fingerprint density at radius 3 is 2.70 bits per heavy atom. The van der Waals surface area contributed by atoms with E-state index in [-0.39, 0.29) is 17.3 Å². The first-order valence-electron chi connectivity index (χ1n) is 7.81. The summed E-state index contributed by atoms with van der Waals surface area (Å²) in [5, 5.41) is 15.5. The Morgan fingerprint density at radius 1 is 1.30 bits per heavy atom. The number of amides is 1. The van der Waals surface area contributed by atoms with Crippen LogP contribution in [0.3, 0.4) is 0 Å². The molecule has 1 aromatic heterocycles. The number of anilines is 1. The van der Waals surface area contributed by atoms with E-state index in [9.17, 15) is 14.9 Å². The van der Waals surface area contributed by atoms with E-state index in [0.29, 0.717) is 11.3 Å². The molecule has 3 rings (SSSR count). The number of halogens is 1. The highest BCUT2D eigenvalue weighted by atomic mass is 79.9. The second-order valence-electron chi connectivity index (χ2n) is 5.60. The van der Waals surface area contributed by atoms with Crippen molar-refractivity contribution < 1.29 is 9.72 Å². The van der Waals surface area contributed by atoms with Crippen LogP contribution in [-0.2, 0) is 4.79 Å². The molecule has 27 heavy (non-hydrogen) atoms. The van der Waals surface area contributed by atoms with Gasteiger partial charge < -0.3 is 5.32 Å². The third kappa shape index (κ3) is 5.15. The summed E-state index contributed by atoms with van der Waals surface area (Å²) in [6.45, 7) is 1.72. The fourth-order valence-electron chi connectivity index (χ4n) is 2.29. The second-order valence-corrected chi connectivity index (χ2v) is 8.59. The van der Waals surface area contributed by atoms with Crippen LogP contribution in [0.2, 0.25) is 0 Å². The van der Waals surface area contributed by atoms with E-state index in [1.54, 1.807) is 13.0 Å². The zero-order valence-corrected chi connectivity index (χ0v) is 17.4. The smallest absolute Gasteiger partial charge is 0.269 e. The van der Waals surface area contributed by atoms with Crippen molar-refractivity contribution >= 4 is 56.3 Å².